The Morgan fingerprint density at radius 3 is 0.778 bits per heavy atom. The Labute approximate surface area is 449 Å². The third kappa shape index (κ3) is 58.8. The molecule has 72 heavy (non-hydrogen) atoms. The Bertz CT molecular complexity index is 1160. The first-order valence-electron chi connectivity index (χ1n) is 32.3. The minimum Gasteiger partial charge on any atom is -0.462 e. The molecule has 6 heteroatoms. The van der Waals surface area contributed by atoms with Crippen LogP contribution in [0.1, 0.15) is 361 Å². The van der Waals surface area contributed by atoms with Gasteiger partial charge in [0, 0.05) is 19.3 Å². The second-order valence-electron chi connectivity index (χ2n) is 22.0. The highest BCUT2D eigenvalue weighted by Crippen LogP contribution is 2.18. The molecule has 6 nitrogen and oxygen atoms in total. The average Bonchev–Trinajstić information content (AvgIpc) is 3.38. The zero-order valence-electron chi connectivity index (χ0n) is 48.7. The Morgan fingerprint density at radius 2 is 0.500 bits per heavy atom. The van der Waals surface area contributed by atoms with Gasteiger partial charge in [0.1, 0.15) is 13.2 Å². The standard InChI is InChI=1S/C66H124O6/c1-4-7-10-13-16-19-22-25-27-29-31-32-33-34-35-37-38-41-44-47-50-53-56-59-65(68)71-62-63(61-70-64(67)58-55-52-49-46-43-40-24-21-18-15-12-9-6-3)72-66(69)60-57-54-51-48-45-42-39-36-30-28-26-23-20-17-14-11-8-5-2/h20,23,28,30,63H,4-19,21-22,24-27,29,31-62H2,1-3H3/b23-20-,30-28-. The first kappa shape index (κ1) is 69.9. The van der Waals surface area contributed by atoms with Crippen molar-refractivity contribution < 1.29 is 28.6 Å². The molecule has 0 saturated heterocycles. The van der Waals surface area contributed by atoms with Crippen molar-refractivity contribution in [2.24, 2.45) is 0 Å². The van der Waals surface area contributed by atoms with Gasteiger partial charge in [-0.15, -0.1) is 0 Å². The summed E-state index contributed by atoms with van der Waals surface area (Å²) >= 11 is 0. The molecular weight excluding hydrogens is 889 g/mol. The van der Waals surface area contributed by atoms with Crippen LogP contribution in [0.2, 0.25) is 0 Å². The molecule has 1 unspecified atom stereocenters. The summed E-state index contributed by atoms with van der Waals surface area (Å²) in [7, 11) is 0. The first-order chi connectivity index (χ1) is 35.5. The summed E-state index contributed by atoms with van der Waals surface area (Å²) in [4.78, 5) is 38.3. The van der Waals surface area contributed by atoms with Crippen molar-refractivity contribution in [2.75, 3.05) is 13.2 Å². The molecule has 424 valence electrons. The summed E-state index contributed by atoms with van der Waals surface area (Å²) in [5, 5.41) is 0. The first-order valence-corrected chi connectivity index (χ1v) is 32.3. The molecule has 0 aliphatic heterocycles. The number of esters is 3. The maximum absolute atomic E-state index is 12.9. The number of ether oxygens (including phenoxy) is 3. The van der Waals surface area contributed by atoms with Gasteiger partial charge >= 0.3 is 17.9 Å². The van der Waals surface area contributed by atoms with Crippen molar-refractivity contribution in [2.45, 2.75) is 367 Å². The number of allylic oxidation sites excluding steroid dienone is 4. The lowest BCUT2D eigenvalue weighted by atomic mass is 10.0. The van der Waals surface area contributed by atoms with Crippen LogP contribution in [0.15, 0.2) is 24.3 Å². The maximum Gasteiger partial charge on any atom is 0.306 e. The lowest BCUT2D eigenvalue weighted by Gasteiger charge is -2.18. The SMILES string of the molecule is CCCCCC/C=C\C/C=C\CCCCCCCCCC(=O)OC(COC(=O)CCCCCCCCCCCCCCC)COC(=O)CCCCCCCCCCCCCCCCCCCCCCCCC. The molecule has 0 N–H and O–H groups in total. The van der Waals surface area contributed by atoms with Gasteiger partial charge in [-0.25, -0.2) is 0 Å². The van der Waals surface area contributed by atoms with Crippen LogP contribution in [0.4, 0.5) is 0 Å². The van der Waals surface area contributed by atoms with Crippen molar-refractivity contribution in [1.29, 1.82) is 0 Å². The molecular formula is C66H124O6. The van der Waals surface area contributed by atoms with Crippen LogP contribution in [-0.2, 0) is 28.6 Å². The highest BCUT2D eigenvalue weighted by molar-refractivity contribution is 5.71. The molecule has 0 fully saturated rings. The van der Waals surface area contributed by atoms with E-state index in [2.05, 4.69) is 45.1 Å². The number of carbonyl (C=O) groups excluding carboxylic acids is 3. The van der Waals surface area contributed by atoms with Crippen molar-refractivity contribution in [3.05, 3.63) is 24.3 Å². The van der Waals surface area contributed by atoms with Crippen LogP contribution in [0, 0.1) is 0 Å². The molecule has 1 atom stereocenters. The van der Waals surface area contributed by atoms with E-state index in [0.29, 0.717) is 19.3 Å². The lowest BCUT2D eigenvalue weighted by molar-refractivity contribution is -0.167. The minimum atomic E-state index is -0.771. The van der Waals surface area contributed by atoms with Gasteiger partial charge in [0.15, 0.2) is 6.10 Å². The number of carbonyl (C=O) groups is 3. The number of unbranched alkanes of at least 4 members (excludes halogenated alkanes) is 45. The summed E-state index contributed by atoms with van der Waals surface area (Å²) in [6.07, 6.45) is 73.3. The summed E-state index contributed by atoms with van der Waals surface area (Å²) in [6, 6.07) is 0. The second-order valence-corrected chi connectivity index (χ2v) is 22.0. The van der Waals surface area contributed by atoms with Crippen LogP contribution in [-0.4, -0.2) is 37.2 Å². The molecule has 0 aromatic rings. The highest BCUT2D eigenvalue weighted by atomic mass is 16.6. The Kier molecular flexibility index (Phi) is 59.6. The topological polar surface area (TPSA) is 78.9 Å². The van der Waals surface area contributed by atoms with E-state index in [9.17, 15) is 14.4 Å². The fraction of sp³-hybridized carbons (Fsp3) is 0.894. The van der Waals surface area contributed by atoms with Gasteiger partial charge in [-0.05, 0) is 51.4 Å². The van der Waals surface area contributed by atoms with Gasteiger partial charge in [-0.1, -0.05) is 315 Å². The Balaban J connectivity index is 4.26. The number of hydrogen-bond acceptors (Lipinski definition) is 6. The third-order valence-corrected chi connectivity index (χ3v) is 14.7. The Morgan fingerprint density at radius 1 is 0.278 bits per heavy atom. The predicted molar refractivity (Wildman–Crippen MR) is 312 cm³/mol. The van der Waals surface area contributed by atoms with Crippen LogP contribution >= 0.6 is 0 Å². The predicted octanol–water partition coefficient (Wildman–Crippen LogP) is 21.8. The van der Waals surface area contributed by atoms with Crippen LogP contribution in [0.5, 0.6) is 0 Å². The van der Waals surface area contributed by atoms with E-state index >= 15 is 0 Å². The largest absolute Gasteiger partial charge is 0.462 e. The van der Waals surface area contributed by atoms with Gasteiger partial charge in [-0.3, -0.25) is 14.4 Å². The quantitative estimate of drug-likeness (QED) is 0.0261. The van der Waals surface area contributed by atoms with E-state index in [1.807, 2.05) is 0 Å². The normalized spacial score (nSPS) is 12.1. The average molecular weight is 1010 g/mol. The smallest absolute Gasteiger partial charge is 0.306 e. The van der Waals surface area contributed by atoms with E-state index in [4.69, 9.17) is 14.2 Å². The number of hydrogen-bond donors (Lipinski definition) is 0. The van der Waals surface area contributed by atoms with Crippen molar-refractivity contribution >= 4 is 17.9 Å². The molecule has 0 bridgehead atoms. The van der Waals surface area contributed by atoms with Gasteiger partial charge in [0.2, 0.25) is 0 Å². The second kappa shape index (κ2) is 61.4. The van der Waals surface area contributed by atoms with Crippen molar-refractivity contribution in [3.8, 4) is 0 Å². The van der Waals surface area contributed by atoms with E-state index < -0.39 is 6.10 Å². The maximum atomic E-state index is 12.9. The highest BCUT2D eigenvalue weighted by Gasteiger charge is 2.19. The van der Waals surface area contributed by atoms with E-state index in [1.165, 1.54) is 250 Å². The fourth-order valence-electron chi connectivity index (χ4n) is 9.83. The molecule has 0 aliphatic rings. The monoisotopic (exact) mass is 1010 g/mol. The van der Waals surface area contributed by atoms with Crippen molar-refractivity contribution in [1.82, 2.24) is 0 Å². The molecule has 0 heterocycles. The summed E-state index contributed by atoms with van der Waals surface area (Å²) < 4.78 is 16.9. The summed E-state index contributed by atoms with van der Waals surface area (Å²) in [5.41, 5.74) is 0. The molecule has 0 radical (unpaired) electrons. The molecule has 0 spiro atoms. The summed E-state index contributed by atoms with van der Waals surface area (Å²) in [5.74, 6) is -0.849. The van der Waals surface area contributed by atoms with Crippen LogP contribution < -0.4 is 0 Å². The molecule has 0 rings (SSSR count). The fourth-order valence-corrected chi connectivity index (χ4v) is 9.83. The van der Waals surface area contributed by atoms with Gasteiger partial charge < -0.3 is 14.2 Å². The van der Waals surface area contributed by atoms with Gasteiger partial charge in [0.25, 0.3) is 0 Å². The zero-order chi connectivity index (χ0) is 52.2. The van der Waals surface area contributed by atoms with E-state index in [0.717, 1.165) is 70.6 Å². The van der Waals surface area contributed by atoms with Crippen molar-refractivity contribution in [3.63, 3.8) is 0 Å². The molecule has 0 aliphatic carbocycles. The summed E-state index contributed by atoms with van der Waals surface area (Å²) in [6.45, 7) is 6.68. The zero-order valence-corrected chi connectivity index (χ0v) is 48.7. The van der Waals surface area contributed by atoms with Gasteiger partial charge in [-0.2, -0.15) is 0 Å². The Hall–Kier alpha value is -2.11. The number of rotatable bonds is 60. The molecule has 0 amide bonds. The third-order valence-electron chi connectivity index (χ3n) is 14.7. The lowest BCUT2D eigenvalue weighted by Crippen LogP contribution is -2.30. The molecule has 0 aromatic carbocycles. The molecule has 0 saturated carbocycles. The van der Waals surface area contributed by atoms with Gasteiger partial charge in [0.05, 0.1) is 0 Å². The van der Waals surface area contributed by atoms with Crippen LogP contribution in [0.3, 0.4) is 0 Å². The van der Waals surface area contributed by atoms with E-state index in [1.54, 1.807) is 0 Å². The molecule has 0 aromatic heterocycles. The van der Waals surface area contributed by atoms with Crippen LogP contribution in [0.25, 0.3) is 0 Å². The van der Waals surface area contributed by atoms with E-state index in [-0.39, 0.29) is 31.1 Å². The minimum absolute atomic E-state index is 0.0685.